The second kappa shape index (κ2) is 6.91. The summed E-state index contributed by atoms with van der Waals surface area (Å²) in [5.41, 5.74) is 7.63. The second-order valence-corrected chi connectivity index (χ2v) is 6.17. The number of hydrogen-bond donors (Lipinski definition) is 2. The molecule has 3 rings (SSSR count). The van der Waals surface area contributed by atoms with E-state index >= 15 is 0 Å². The Kier molecular flexibility index (Phi) is 4.71. The number of rotatable bonds is 5. The van der Waals surface area contributed by atoms with Gasteiger partial charge in [0.05, 0.1) is 13.1 Å². The number of hydrogen-bond acceptors (Lipinski definition) is 4. The van der Waals surface area contributed by atoms with Crippen molar-refractivity contribution in [1.29, 1.82) is 0 Å². The molecule has 1 aliphatic rings. The number of piperidine rings is 1. The van der Waals surface area contributed by atoms with Gasteiger partial charge in [0.2, 0.25) is 11.7 Å². The van der Waals surface area contributed by atoms with E-state index in [0.717, 1.165) is 37.9 Å². The van der Waals surface area contributed by atoms with Crippen LogP contribution >= 0.6 is 0 Å². The van der Waals surface area contributed by atoms with E-state index in [0.29, 0.717) is 18.3 Å². The standard InChI is InChI=1S/C17H22N4O2/c1-2-12-3-5-14(6-4-12)17-19-15(23-20-17)11-21-9-7-13(8-10-21)16(18)22/h3-6,13H,2,7-11H2,1H3,(H2,18,22)/p+1. The third-order valence-corrected chi connectivity index (χ3v) is 4.58. The van der Waals surface area contributed by atoms with E-state index in [1.54, 1.807) is 0 Å². The molecule has 0 radical (unpaired) electrons. The molecular formula is C17H23N4O2+. The van der Waals surface area contributed by atoms with Gasteiger partial charge in [-0.05, 0) is 12.0 Å². The van der Waals surface area contributed by atoms with Gasteiger partial charge in [-0.2, -0.15) is 4.98 Å². The minimum atomic E-state index is -0.181. The van der Waals surface area contributed by atoms with Crippen molar-refractivity contribution < 1.29 is 14.2 Å². The lowest BCUT2D eigenvalue weighted by Crippen LogP contribution is -3.11. The summed E-state index contributed by atoms with van der Waals surface area (Å²) in [6.07, 6.45) is 2.69. The summed E-state index contributed by atoms with van der Waals surface area (Å²) >= 11 is 0. The van der Waals surface area contributed by atoms with Crippen LogP contribution in [0.4, 0.5) is 0 Å². The maximum atomic E-state index is 11.2. The highest BCUT2D eigenvalue weighted by atomic mass is 16.5. The Morgan fingerprint density at radius 1 is 1.30 bits per heavy atom. The van der Waals surface area contributed by atoms with E-state index in [4.69, 9.17) is 10.3 Å². The fourth-order valence-electron chi connectivity index (χ4n) is 3.03. The van der Waals surface area contributed by atoms with Gasteiger partial charge in [0, 0.05) is 24.3 Å². The van der Waals surface area contributed by atoms with Gasteiger partial charge in [0.15, 0.2) is 6.54 Å². The number of benzene rings is 1. The van der Waals surface area contributed by atoms with Crippen molar-refractivity contribution in [1.82, 2.24) is 10.1 Å². The summed E-state index contributed by atoms with van der Waals surface area (Å²) in [6.45, 7) is 4.66. The van der Waals surface area contributed by atoms with Gasteiger partial charge in [-0.25, -0.2) is 0 Å². The second-order valence-electron chi connectivity index (χ2n) is 6.17. The molecule has 23 heavy (non-hydrogen) atoms. The summed E-state index contributed by atoms with van der Waals surface area (Å²) in [6, 6.07) is 8.23. The van der Waals surface area contributed by atoms with Crippen LogP contribution in [0.1, 0.15) is 31.2 Å². The van der Waals surface area contributed by atoms with E-state index in [1.165, 1.54) is 10.5 Å². The quantitative estimate of drug-likeness (QED) is 0.845. The van der Waals surface area contributed by atoms with Crippen LogP contribution in [0.5, 0.6) is 0 Å². The fraction of sp³-hybridized carbons (Fsp3) is 0.471. The monoisotopic (exact) mass is 315 g/mol. The van der Waals surface area contributed by atoms with Gasteiger partial charge in [0.25, 0.3) is 5.89 Å². The Bertz CT molecular complexity index is 657. The number of aryl methyl sites for hydroxylation is 1. The number of likely N-dealkylation sites (tertiary alicyclic amines) is 1. The first-order valence-corrected chi connectivity index (χ1v) is 8.20. The minimum Gasteiger partial charge on any atom is -0.369 e. The van der Waals surface area contributed by atoms with E-state index in [1.807, 2.05) is 12.1 Å². The maximum absolute atomic E-state index is 11.2. The van der Waals surface area contributed by atoms with Crippen molar-refractivity contribution in [2.75, 3.05) is 13.1 Å². The smallest absolute Gasteiger partial charge is 0.282 e. The number of primary amides is 1. The molecule has 3 N–H and O–H groups in total. The fourth-order valence-corrected chi connectivity index (χ4v) is 3.03. The van der Waals surface area contributed by atoms with Crippen molar-refractivity contribution in [2.24, 2.45) is 11.7 Å². The molecule has 0 aliphatic carbocycles. The zero-order chi connectivity index (χ0) is 16.2. The molecule has 0 atom stereocenters. The van der Waals surface area contributed by atoms with Gasteiger partial charge < -0.3 is 15.2 Å². The van der Waals surface area contributed by atoms with Crippen LogP contribution < -0.4 is 10.6 Å². The normalized spacial score (nSPS) is 21.3. The van der Waals surface area contributed by atoms with E-state index in [9.17, 15) is 4.79 Å². The van der Waals surface area contributed by atoms with Crippen LogP contribution in [-0.2, 0) is 17.8 Å². The lowest BCUT2D eigenvalue weighted by molar-refractivity contribution is -0.920. The molecule has 1 aromatic heterocycles. The number of amides is 1. The molecule has 6 nitrogen and oxygen atoms in total. The molecule has 1 fully saturated rings. The van der Waals surface area contributed by atoms with Gasteiger partial charge in [-0.15, -0.1) is 0 Å². The van der Waals surface area contributed by atoms with E-state index < -0.39 is 0 Å². The van der Waals surface area contributed by atoms with Crippen LogP contribution in [-0.4, -0.2) is 29.1 Å². The van der Waals surface area contributed by atoms with Crippen molar-refractivity contribution in [3.05, 3.63) is 35.7 Å². The number of quaternary nitrogens is 1. The molecule has 2 aromatic rings. The highest BCUT2D eigenvalue weighted by molar-refractivity contribution is 5.76. The Labute approximate surface area is 135 Å². The lowest BCUT2D eigenvalue weighted by Gasteiger charge is -2.26. The molecule has 0 bridgehead atoms. The molecule has 1 amide bonds. The van der Waals surface area contributed by atoms with Gasteiger partial charge in [-0.1, -0.05) is 36.3 Å². The average molecular weight is 315 g/mol. The van der Waals surface area contributed by atoms with Crippen LogP contribution in [0.25, 0.3) is 11.4 Å². The summed E-state index contributed by atoms with van der Waals surface area (Å²) in [5.74, 6) is 1.12. The number of carbonyl (C=O) groups is 1. The first-order chi connectivity index (χ1) is 11.2. The van der Waals surface area contributed by atoms with Gasteiger partial charge in [0.1, 0.15) is 0 Å². The Balaban J connectivity index is 1.60. The third kappa shape index (κ3) is 3.76. The molecule has 0 saturated carbocycles. The van der Waals surface area contributed by atoms with Crippen LogP contribution in [0, 0.1) is 5.92 Å². The lowest BCUT2D eigenvalue weighted by atomic mass is 9.96. The molecule has 1 aromatic carbocycles. The number of nitrogens with two attached hydrogens (primary N) is 1. The molecule has 122 valence electrons. The zero-order valence-electron chi connectivity index (χ0n) is 13.4. The maximum Gasteiger partial charge on any atom is 0.282 e. The Morgan fingerprint density at radius 3 is 2.61 bits per heavy atom. The number of aromatic nitrogens is 2. The summed E-state index contributed by atoms with van der Waals surface area (Å²) in [7, 11) is 0. The first-order valence-electron chi connectivity index (χ1n) is 8.20. The van der Waals surface area contributed by atoms with Crippen LogP contribution in [0.2, 0.25) is 0 Å². The molecule has 1 saturated heterocycles. The largest absolute Gasteiger partial charge is 0.369 e. The van der Waals surface area contributed by atoms with Gasteiger partial charge >= 0.3 is 0 Å². The molecular weight excluding hydrogens is 292 g/mol. The zero-order valence-corrected chi connectivity index (χ0v) is 13.4. The summed E-state index contributed by atoms with van der Waals surface area (Å²) in [5, 5.41) is 4.08. The predicted molar refractivity (Wildman–Crippen MR) is 85.4 cm³/mol. The molecule has 2 heterocycles. The minimum absolute atomic E-state index is 0.0223. The summed E-state index contributed by atoms with van der Waals surface area (Å²) < 4.78 is 5.38. The van der Waals surface area contributed by atoms with E-state index in [-0.39, 0.29) is 11.8 Å². The number of nitrogens with one attached hydrogen (secondary N) is 1. The summed E-state index contributed by atoms with van der Waals surface area (Å²) in [4.78, 5) is 17.1. The average Bonchev–Trinajstić information content (AvgIpc) is 3.04. The molecule has 0 spiro atoms. The van der Waals surface area contributed by atoms with Crippen molar-refractivity contribution in [2.45, 2.75) is 32.7 Å². The van der Waals surface area contributed by atoms with Crippen LogP contribution in [0.15, 0.2) is 28.8 Å². The Hall–Kier alpha value is -2.21. The first kappa shape index (κ1) is 15.7. The highest BCUT2D eigenvalue weighted by Gasteiger charge is 2.27. The predicted octanol–water partition coefficient (Wildman–Crippen LogP) is 0.579. The number of nitrogens with zero attached hydrogens (tertiary/aromatic N) is 2. The topological polar surface area (TPSA) is 86.5 Å². The molecule has 1 aliphatic heterocycles. The highest BCUT2D eigenvalue weighted by Crippen LogP contribution is 2.16. The van der Waals surface area contributed by atoms with Crippen LogP contribution in [0.3, 0.4) is 0 Å². The molecule has 6 heteroatoms. The van der Waals surface area contributed by atoms with Crippen molar-refractivity contribution >= 4 is 5.91 Å². The Morgan fingerprint density at radius 2 is 2.00 bits per heavy atom. The van der Waals surface area contributed by atoms with Crippen molar-refractivity contribution in [3.8, 4) is 11.4 Å². The third-order valence-electron chi connectivity index (χ3n) is 4.58. The van der Waals surface area contributed by atoms with Crippen molar-refractivity contribution in [3.63, 3.8) is 0 Å². The SMILES string of the molecule is CCc1ccc(-c2noc(C[NH+]3CCC(C(N)=O)CC3)n2)cc1. The molecule has 0 unspecified atom stereocenters. The van der Waals surface area contributed by atoms with Gasteiger partial charge in [-0.3, -0.25) is 4.79 Å². The number of carbonyl (C=O) groups excluding carboxylic acids is 1. The van der Waals surface area contributed by atoms with E-state index in [2.05, 4.69) is 29.2 Å².